The molecule has 124 valence electrons. The minimum atomic E-state index is -0.415. The predicted octanol–water partition coefficient (Wildman–Crippen LogP) is 0.192. The summed E-state index contributed by atoms with van der Waals surface area (Å²) in [5, 5.41) is 14.7. The normalized spacial score (nSPS) is 10.9. The predicted molar refractivity (Wildman–Crippen MR) is 88.5 cm³/mol. The van der Waals surface area contributed by atoms with Crippen molar-refractivity contribution >= 4 is 16.9 Å². The number of hydrogen-bond donors (Lipinski definition) is 1. The van der Waals surface area contributed by atoms with Gasteiger partial charge in [-0.3, -0.25) is 14.3 Å². The first kappa shape index (κ1) is 15.9. The third-order valence-electron chi connectivity index (χ3n) is 3.86. The number of nitrogens with one attached hydrogen (secondary N) is 1. The second kappa shape index (κ2) is 6.61. The van der Waals surface area contributed by atoms with Crippen molar-refractivity contribution in [2.24, 2.45) is 7.05 Å². The number of benzene rings is 1. The summed E-state index contributed by atoms with van der Waals surface area (Å²) in [6, 6.07) is 9.86. The highest BCUT2D eigenvalue weighted by Gasteiger charge is 2.14. The molecule has 1 amide bonds. The van der Waals surface area contributed by atoms with Crippen LogP contribution in [0.1, 0.15) is 11.3 Å². The minimum absolute atomic E-state index is 0.174. The van der Waals surface area contributed by atoms with E-state index in [-0.39, 0.29) is 18.0 Å². The van der Waals surface area contributed by atoms with Gasteiger partial charge in [0.15, 0.2) is 5.52 Å². The van der Waals surface area contributed by atoms with Gasteiger partial charge in [0.1, 0.15) is 12.1 Å². The van der Waals surface area contributed by atoms with Gasteiger partial charge in [-0.05, 0) is 18.9 Å². The molecule has 0 saturated carbocycles. The van der Waals surface area contributed by atoms with Crippen LogP contribution in [0.15, 0.2) is 35.1 Å². The van der Waals surface area contributed by atoms with Crippen LogP contribution in [-0.4, -0.2) is 37.2 Å². The number of aryl methyl sites for hydroxylation is 2. The molecule has 0 saturated heterocycles. The van der Waals surface area contributed by atoms with Gasteiger partial charge in [-0.1, -0.05) is 35.5 Å². The van der Waals surface area contributed by atoms with E-state index in [2.05, 4.69) is 20.7 Å². The Morgan fingerprint density at radius 3 is 2.71 bits per heavy atom. The van der Waals surface area contributed by atoms with Crippen LogP contribution >= 0.6 is 0 Å². The Morgan fingerprint density at radius 1 is 1.21 bits per heavy atom. The lowest BCUT2D eigenvalue weighted by molar-refractivity contribution is -0.121. The molecule has 8 heteroatoms. The largest absolute Gasteiger partial charge is 0.354 e. The van der Waals surface area contributed by atoms with Crippen LogP contribution in [0.4, 0.5) is 0 Å². The van der Waals surface area contributed by atoms with E-state index in [1.165, 1.54) is 0 Å². The van der Waals surface area contributed by atoms with Crippen LogP contribution in [0.3, 0.4) is 0 Å². The first-order chi connectivity index (χ1) is 11.6. The monoisotopic (exact) mass is 326 g/mol. The topological polar surface area (TPSA) is 94.7 Å². The summed E-state index contributed by atoms with van der Waals surface area (Å²) in [6.07, 6.45) is 0.728. The molecule has 0 fully saturated rings. The Balaban J connectivity index is 1.65. The molecule has 3 aromatic rings. The maximum atomic E-state index is 12.3. The molecule has 1 aromatic carbocycles. The van der Waals surface area contributed by atoms with Crippen molar-refractivity contribution in [1.29, 1.82) is 0 Å². The van der Waals surface area contributed by atoms with Crippen molar-refractivity contribution in [3.63, 3.8) is 0 Å². The summed E-state index contributed by atoms with van der Waals surface area (Å²) in [5.74, 6) is -0.283. The second-order valence-corrected chi connectivity index (χ2v) is 5.54. The van der Waals surface area contributed by atoms with Gasteiger partial charge in [-0.2, -0.15) is 9.78 Å². The zero-order valence-corrected chi connectivity index (χ0v) is 13.6. The van der Waals surface area contributed by atoms with Gasteiger partial charge < -0.3 is 5.32 Å². The molecule has 0 spiro atoms. The summed E-state index contributed by atoms with van der Waals surface area (Å²) in [7, 11) is 1.73. The Morgan fingerprint density at radius 2 is 1.96 bits per heavy atom. The molecule has 2 heterocycles. The number of rotatable bonds is 5. The van der Waals surface area contributed by atoms with Crippen LogP contribution in [0.5, 0.6) is 0 Å². The van der Waals surface area contributed by atoms with Crippen LogP contribution < -0.4 is 10.9 Å². The van der Waals surface area contributed by atoms with Crippen LogP contribution in [0.25, 0.3) is 11.0 Å². The van der Waals surface area contributed by atoms with E-state index in [0.29, 0.717) is 12.1 Å². The van der Waals surface area contributed by atoms with E-state index < -0.39 is 5.56 Å². The smallest absolute Gasteiger partial charge is 0.298 e. The van der Waals surface area contributed by atoms with Gasteiger partial charge in [-0.25, -0.2) is 0 Å². The number of nitrogens with zero attached hydrogens (tertiary/aromatic N) is 5. The van der Waals surface area contributed by atoms with E-state index in [0.717, 1.165) is 22.4 Å². The summed E-state index contributed by atoms with van der Waals surface area (Å²) in [6.45, 7) is 2.13. The Hall–Kier alpha value is -3.03. The molecule has 0 radical (unpaired) electrons. The second-order valence-electron chi connectivity index (χ2n) is 5.54. The average Bonchev–Trinajstić information content (AvgIpc) is 2.87. The number of carbonyl (C=O) groups is 1. The highest BCUT2D eigenvalue weighted by Crippen LogP contribution is 2.08. The fourth-order valence-electron chi connectivity index (χ4n) is 2.41. The number of fused-ring (bicyclic) bond motifs is 1. The number of aromatic nitrogens is 5. The first-order valence-corrected chi connectivity index (χ1v) is 7.64. The van der Waals surface area contributed by atoms with Crippen LogP contribution in [-0.2, 0) is 24.8 Å². The van der Waals surface area contributed by atoms with E-state index >= 15 is 0 Å². The molecule has 1 N–H and O–H groups in total. The van der Waals surface area contributed by atoms with Crippen molar-refractivity contribution in [2.45, 2.75) is 19.9 Å². The lowest BCUT2D eigenvalue weighted by atomic mass is 10.1. The molecule has 2 aromatic heterocycles. The fraction of sp³-hybridized carbons (Fsp3) is 0.312. The zero-order valence-electron chi connectivity index (χ0n) is 13.6. The SMILES string of the molecule is Cc1c2nnn(CC(=O)NCCc3ccccc3)c(=O)c2nn1C. The van der Waals surface area contributed by atoms with Crippen molar-refractivity contribution < 1.29 is 4.79 Å². The van der Waals surface area contributed by atoms with E-state index in [9.17, 15) is 9.59 Å². The molecule has 0 unspecified atom stereocenters. The zero-order chi connectivity index (χ0) is 17.1. The molecule has 0 aliphatic rings. The maximum Gasteiger partial charge on any atom is 0.298 e. The molecule has 0 atom stereocenters. The minimum Gasteiger partial charge on any atom is -0.354 e. The standard InChI is InChI=1S/C16H18N6O2/c1-11-14-15(19-21(11)2)16(24)22(20-18-14)10-13(23)17-9-8-12-6-4-3-5-7-12/h3-7H,8-10H2,1-2H3,(H,17,23). The lowest BCUT2D eigenvalue weighted by Crippen LogP contribution is -2.35. The summed E-state index contributed by atoms with van der Waals surface area (Å²) >= 11 is 0. The Kier molecular flexibility index (Phi) is 4.37. The van der Waals surface area contributed by atoms with Gasteiger partial charge in [0, 0.05) is 13.6 Å². The van der Waals surface area contributed by atoms with Crippen molar-refractivity contribution in [3.8, 4) is 0 Å². The van der Waals surface area contributed by atoms with Gasteiger partial charge in [0.05, 0.1) is 5.69 Å². The molecule has 8 nitrogen and oxygen atoms in total. The van der Waals surface area contributed by atoms with Crippen molar-refractivity contribution in [2.75, 3.05) is 6.54 Å². The van der Waals surface area contributed by atoms with Gasteiger partial charge >= 0.3 is 0 Å². The number of hydrogen-bond acceptors (Lipinski definition) is 5. The third-order valence-corrected chi connectivity index (χ3v) is 3.86. The van der Waals surface area contributed by atoms with Crippen molar-refractivity contribution in [1.82, 2.24) is 30.1 Å². The molecule has 0 aliphatic heterocycles. The highest BCUT2D eigenvalue weighted by atomic mass is 16.2. The van der Waals surface area contributed by atoms with Gasteiger partial charge in [0.25, 0.3) is 5.56 Å². The summed E-state index contributed by atoms with van der Waals surface area (Å²) in [4.78, 5) is 24.3. The average molecular weight is 326 g/mol. The first-order valence-electron chi connectivity index (χ1n) is 7.64. The maximum absolute atomic E-state index is 12.3. The van der Waals surface area contributed by atoms with Crippen LogP contribution in [0.2, 0.25) is 0 Å². The van der Waals surface area contributed by atoms with Gasteiger partial charge in [0.2, 0.25) is 5.91 Å². The third kappa shape index (κ3) is 3.17. The Bertz CT molecular complexity index is 929. The molecule has 3 rings (SSSR count). The Labute approximate surface area is 138 Å². The van der Waals surface area contributed by atoms with E-state index in [1.54, 1.807) is 11.7 Å². The summed E-state index contributed by atoms with van der Waals surface area (Å²) in [5.41, 5.74) is 2.17. The lowest BCUT2D eigenvalue weighted by Gasteiger charge is -2.06. The van der Waals surface area contributed by atoms with Gasteiger partial charge in [-0.15, -0.1) is 5.10 Å². The summed E-state index contributed by atoms with van der Waals surface area (Å²) < 4.78 is 2.61. The van der Waals surface area contributed by atoms with E-state index in [1.807, 2.05) is 37.3 Å². The number of amides is 1. The molecule has 0 bridgehead atoms. The molecular weight excluding hydrogens is 308 g/mol. The molecule has 0 aliphatic carbocycles. The van der Waals surface area contributed by atoms with Crippen LogP contribution in [0, 0.1) is 6.92 Å². The molecule has 24 heavy (non-hydrogen) atoms. The van der Waals surface area contributed by atoms with E-state index in [4.69, 9.17) is 0 Å². The van der Waals surface area contributed by atoms with Crippen molar-refractivity contribution in [3.05, 3.63) is 51.9 Å². The molecular formula is C16H18N6O2. The number of carbonyl (C=O) groups excluding carboxylic acids is 1. The quantitative estimate of drug-likeness (QED) is 0.722. The highest BCUT2D eigenvalue weighted by molar-refractivity contribution is 5.77. The fourth-order valence-corrected chi connectivity index (χ4v) is 2.41.